The fourth-order valence-corrected chi connectivity index (χ4v) is 2.92. The number of carboxylic acid groups (broad SMARTS) is 1. The molecule has 2 atom stereocenters. The zero-order valence-electron chi connectivity index (χ0n) is 11.8. The van der Waals surface area contributed by atoms with E-state index in [0.29, 0.717) is 30.0 Å². The summed E-state index contributed by atoms with van der Waals surface area (Å²) in [5, 5.41) is 12.3. The Hall–Kier alpha value is -1.91. The van der Waals surface area contributed by atoms with Gasteiger partial charge < -0.3 is 10.4 Å². The number of rotatable bonds is 3. The van der Waals surface area contributed by atoms with Gasteiger partial charge in [0.2, 0.25) is 0 Å². The van der Waals surface area contributed by atoms with Crippen molar-refractivity contribution in [3.05, 3.63) is 29.6 Å². The van der Waals surface area contributed by atoms with Crippen LogP contribution in [0.4, 0.5) is 0 Å². The Balaban J connectivity index is 2.23. The minimum absolute atomic E-state index is 0.301. The van der Waals surface area contributed by atoms with Gasteiger partial charge >= 0.3 is 5.97 Å². The molecule has 1 heterocycles. The summed E-state index contributed by atoms with van der Waals surface area (Å²) in [5.74, 6) is -0.999. The first-order chi connectivity index (χ1) is 9.44. The van der Waals surface area contributed by atoms with Crippen LogP contribution >= 0.6 is 0 Å². The Morgan fingerprint density at radius 3 is 2.85 bits per heavy atom. The molecule has 2 N–H and O–H groups in total. The van der Waals surface area contributed by atoms with Gasteiger partial charge in [-0.1, -0.05) is 19.8 Å². The lowest BCUT2D eigenvalue weighted by Crippen LogP contribution is -2.56. The molecule has 1 aliphatic carbocycles. The van der Waals surface area contributed by atoms with Gasteiger partial charge in [-0.05, 0) is 37.8 Å². The van der Waals surface area contributed by atoms with E-state index in [4.69, 9.17) is 0 Å². The molecular formula is C15H20N2O3. The number of aryl methyl sites for hydroxylation is 1. The molecule has 0 radical (unpaired) electrons. The standard InChI is InChI=1S/C15H20N2O3/c1-10-5-3-7-15(9-10,14(19)20)17-13(18)12-6-4-8-16-11(12)2/h4,6,8,10H,3,5,7,9H2,1-2H3,(H,17,18)(H,19,20). The van der Waals surface area contributed by atoms with Crippen molar-refractivity contribution in [2.24, 2.45) is 5.92 Å². The molecule has 0 aromatic carbocycles. The quantitative estimate of drug-likeness (QED) is 0.886. The SMILES string of the molecule is Cc1ncccc1C(=O)NC1(C(=O)O)CCCC(C)C1. The molecule has 2 rings (SSSR count). The number of pyridine rings is 1. The maximum Gasteiger partial charge on any atom is 0.329 e. The van der Waals surface area contributed by atoms with Gasteiger partial charge in [-0.2, -0.15) is 0 Å². The van der Waals surface area contributed by atoms with E-state index in [2.05, 4.69) is 10.3 Å². The number of carbonyl (C=O) groups is 2. The van der Waals surface area contributed by atoms with Crippen molar-refractivity contribution in [1.82, 2.24) is 10.3 Å². The predicted molar refractivity (Wildman–Crippen MR) is 74.4 cm³/mol. The van der Waals surface area contributed by atoms with Gasteiger partial charge in [0.25, 0.3) is 5.91 Å². The molecule has 1 saturated carbocycles. The fraction of sp³-hybridized carbons (Fsp3) is 0.533. The Bertz CT molecular complexity index is 530. The van der Waals surface area contributed by atoms with Crippen LogP contribution < -0.4 is 5.32 Å². The minimum atomic E-state index is -1.14. The monoisotopic (exact) mass is 276 g/mol. The summed E-state index contributed by atoms with van der Waals surface area (Å²) in [6, 6.07) is 3.35. The second kappa shape index (κ2) is 5.61. The number of nitrogens with zero attached hydrogens (tertiary/aromatic N) is 1. The van der Waals surface area contributed by atoms with E-state index in [1.807, 2.05) is 6.92 Å². The van der Waals surface area contributed by atoms with Crippen LogP contribution in [0.5, 0.6) is 0 Å². The van der Waals surface area contributed by atoms with E-state index in [0.717, 1.165) is 12.8 Å². The average molecular weight is 276 g/mol. The average Bonchev–Trinajstić information content (AvgIpc) is 2.38. The Labute approximate surface area is 118 Å². The van der Waals surface area contributed by atoms with E-state index in [1.54, 1.807) is 25.3 Å². The molecule has 5 nitrogen and oxygen atoms in total. The molecule has 1 aromatic heterocycles. The molecule has 5 heteroatoms. The summed E-state index contributed by atoms with van der Waals surface area (Å²) in [4.78, 5) is 28.0. The van der Waals surface area contributed by atoms with Gasteiger partial charge in [0.1, 0.15) is 5.54 Å². The van der Waals surface area contributed by atoms with Gasteiger partial charge in [0.15, 0.2) is 0 Å². The molecule has 0 bridgehead atoms. The zero-order valence-corrected chi connectivity index (χ0v) is 11.8. The maximum absolute atomic E-state index is 12.3. The third-order valence-corrected chi connectivity index (χ3v) is 4.01. The number of carbonyl (C=O) groups excluding carboxylic acids is 1. The van der Waals surface area contributed by atoms with Crippen molar-refractivity contribution in [3.8, 4) is 0 Å². The lowest BCUT2D eigenvalue weighted by Gasteiger charge is -2.37. The van der Waals surface area contributed by atoms with Gasteiger partial charge in [0.05, 0.1) is 5.56 Å². The van der Waals surface area contributed by atoms with Crippen LogP contribution in [0.15, 0.2) is 18.3 Å². The molecule has 1 aromatic rings. The number of amides is 1. The second-order valence-electron chi connectivity index (χ2n) is 5.68. The molecule has 0 saturated heterocycles. The topological polar surface area (TPSA) is 79.3 Å². The Kier molecular flexibility index (Phi) is 4.06. The largest absolute Gasteiger partial charge is 0.480 e. The predicted octanol–water partition coefficient (Wildman–Crippen LogP) is 2.15. The summed E-state index contributed by atoms with van der Waals surface area (Å²) in [6.45, 7) is 3.77. The van der Waals surface area contributed by atoms with Crippen molar-refractivity contribution in [1.29, 1.82) is 0 Å². The van der Waals surface area contributed by atoms with Gasteiger partial charge in [-0.3, -0.25) is 9.78 Å². The lowest BCUT2D eigenvalue weighted by atomic mass is 9.76. The molecule has 1 aliphatic rings. The third-order valence-electron chi connectivity index (χ3n) is 4.01. The Morgan fingerprint density at radius 2 is 2.25 bits per heavy atom. The first kappa shape index (κ1) is 14.5. The summed E-state index contributed by atoms with van der Waals surface area (Å²) in [6.07, 6.45) is 4.41. The number of hydrogen-bond acceptors (Lipinski definition) is 3. The van der Waals surface area contributed by atoms with Crippen LogP contribution in [-0.4, -0.2) is 27.5 Å². The van der Waals surface area contributed by atoms with Crippen molar-refractivity contribution < 1.29 is 14.7 Å². The van der Waals surface area contributed by atoms with Crippen LogP contribution in [0.3, 0.4) is 0 Å². The van der Waals surface area contributed by atoms with Crippen molar-refractivity contribution in [2.75, 3.05) is 0 Å². The Morgan fingerprint density at radius 1 is 1.50 bits per heavy atom. The fourth-order valence-electron chi connectivity index (χ4n) is 2.92. The van der Waals surface area contributed by atoms with Crippen LogP contribution in [0.1, 0.15) is 48.7 Å². The summed E-state index contributed by atoms with van der Waals surface area (Å²) in [5.41, 5.74) is -0.0995. The van der Waals surface area contributed by atoms with Gasteiger partial charge in [0, 0.05) is 11.9 Å². The van der Waals surface area contributed by atoms with Crippen molar-refractivity contribution in [2.45, 2.75) is 45.1 Å². The van der Waals surface area contributed by atoms with Crippen molar-refractivity contribution in [3.63, 3.8) is 0 Å². The smallest absolute Gasteiger partial charge is 0.329 e. The normalized spacial score (nSPS) is 26.0. The molecule has 2 unspecified atom stereocenters. The highest BCUT2D eigenvalue weighted by Gasteiger charge is 2.43. The van der Waals surface area contributed by atoms with Crippen molar-refractivity contribution >= 4 is 11.9 Å². The molecule has 108 valence electrons. The minimum Gasteiger partial charge on any atom is -0.480 e. The maximum atomic E-state index is 12.3. The highest BCUT2D eigenvalue weighted by molar-refractivity contribution is 5.98. The van der Waals surface area contributed by atoms with E-state index >= 15 is 0 Å². The molecule has 0 spiro atoms. The van der Waals surface area contributed by atoms with Gasteiger partial charge in [-0.25, -0.2) is 4.79 Å². The summed E-state index contributed by atoms with van der Waals surface area (Å²) in [7, 11) is 0. The summed E-state index contributed by atoms with van der Waals surface area (Å²) >= 11 is 0. The number of aliphatic carboxylic acids is 1. The molecule has 1 fully saturated rings. The number of hydrogen-bond donors (Lipinski definition) is 2. The lowest BCUT2D eigenvalue weighted by molar-refractivity contribution is -0.146. The van der Waals surface area contributed by atoms with Crippen LogP contribution in [0.2, 0.25) is 0 Å². The number of aromatic nitrogens is 1. The number of nitrogens with one attached hydrogen (secondary N) is 1. The van der Waals surface area contributed by atoms with E-state index in [-0.39, 0.29) is 5.91 Å². The van der Waals surface area contributed by atoms with Gasteiger partial charge in [-0.15, -0.1) is 0 Å². The second-order valence-corrected chi connectivity index (χ2v) is 5.68. The molecule has 1 amide bonds. The molecule has 20 heavy (non-hydrogen) atoms. The van der Waals surface area contributed by atoms with Crippen LogP contribution in [0.25, 0.3) is 0 Å². The first-order valence-corrected chi connectivity index (χ1v) is 6.92. The highest BCUT2D eigenvalue weighted by Crippen LogP contribution is 2.32. The zero-order chi connectivity index (χ0) is 14.8. The summed E-state index contributed by atoms with van der Waals surface area (Å²) < 4.78 is 0. The highest BCUT2D eigenvalue weighted by atomic mass is 16.4. The first-order valence-electron chi connectivity index (χ1n) is 6.92. The van der Waals surface area contributed by atoms with E-state index < -0.39 is 11.5 Å². The number of carboxylic acids is 1. The third kappa shape index (κ3) is 2.81. The van der Waals surface area contributed by atoms with E-state index in [9.17, 15) is 14.7 Å². The van der Waals surface area contributed by atoms with E-state index in [1.165, 1.54) is 0 Å². The molecular weight excluding hydrogens is 256 g/mol. The van der Waals surface area contributed by atoms with Crippen LogP contribution in [-0.2, 0) is 4.79 Å². The van der Waals surface area contributed by atoms with Crippen LogP contribution in [0, 0.1) is 12.8 Å². The molecule has 0 aliphatic heterocycles.